The second-order valence-corrected chi connectivity index (χ2v) is 6.33. The number of nitrogens with zero attached hydrogens (tertiary/aromatic N) is 1. The van der Waals surface area contributed by atoms with E-state index in [0.717, 1.165) is 6.42 Å². The van der Waals surface area contributed by atoms with Gasteiger partial charge in [-0.15, -0.1) is 0 Å². The van der Waals surface area contributed by atoms with E-state index in [9.17, 15) is 14.4 Å². The van der Waals surface area contributed by atoms with Gasteiger partial charge >= 0.3 is 5.97 Å². The number of esters is 1. The summed E-state index contributed by atoms with van der Waals surface area (Å²) in [6.45, 7) is 1.72. The zero-order valence-electron chi connectivity index (χ0n) is 12.8. The molecule has 3 aliphatic rings. The number of rotatable bonds is 3. The van der Waals surface area contributed by atoms with Gasteiger partial charge < -0.3 is 4.74 Å². The number of anilines is 1. The number of benzene rings is 1. The van der Waals surface area contributed by atoms with Gasteiger partial charge in [0.15, 0.2) is 0 Å². The third-order valence-electron chi connectivity index (χ3n) is 5.09. The van der Waals surface area contributed by atoms with Crippen molar-refractivity contribution in [2.45, 2.75) is 19.8 Å². The van der Waals surface area contributed by atoms with Crippen molar-refractivity contribution in [1.29, 1.82) is 0 Å². The Kier molecular flexibility index (Phi) is 3.11. The number of carbonyl (C=O) groups is 3. The largest absolute Gasteiger partial charge is 0.427 e. The van der Waals surface area contributed by atoms with Gasteiger partial charge in [-0.2, -0.15) is 0 Å². The van der Waals surface area contributed by atoms with E-state index in [4.69, 9.17) is 4.74 Å². The smallest absolute Gasteiger partial charge is 0.310 e. The molecule has 1 aromatic carbocycles. The first-order valence-electron chi connectivity index (χ1n) is 7.97. The molecule has 0 N–H and O–H groups in total. The number of allylic oxidation sites excluding steroid dienone is 2. The Hall–Kier alpha value is -2.43. The second-order valence-electron chi connectivity index (χ2n) is 6.33. The van der Waals surface area contributed by atoms with Crippen molar-refractivity contribution in [3.63, 3.8) is 0 Å². The van der Waals surface area contributed by atoms with Crippen LogP contribution in [0.25, 0.3) is 0 Å². The highest BCUT2D eigenvalue weighted by Gasteiger charge is 2.59. The zero-order valence-corrected chi connectivity index (χ0v) is 12.8. The molecular weight excluding hydrogens is 294 g/mol. The maximum absolute atomic E-state index is 12.7. The van der Waals surface area contributed by atoms with Crippen molar-refractivity contribution in [3.05, 3.63) is 36.4 Å². The van der Waals surface area contributed by atoms with E-state index < -0.39 is 0 Å². The zero-order chi connectivity index (χ0) is 16.1. The van der Waals surface area contributed by atoms with E-state index >= 15 is 0 Å². The fourth-order valence-corrected chi connectivity index (χ4v) is 4.02. The number of fused-ring (bicyclic) bond motifs is 5. The van der Waals surface area contributed by atoms with Crippen molar-refractivity contribution in [1.82, 2.24) is 0 Å². The van der Waals surface area contributed by atoms with Gasteiger partial charge in [0.1, 0.15) is 5.75 Å². The fraction of sp³-hybridized carbons (Fsp3) is 0.389. The van der Waals surface area contributed by atoms with E-state index in [1.807, 2.05) is 0 Å². The normalized spacial score (nSPS) is 30.9. The minimum atomic E-state index is -0.316. The molecule has 5 nitrogen and oxygen atoms in total. The second kappa shape index (κ2) is 5.05. The third-order valence-corrected chi connectivity index (χ3v) is 5.09. The molecule has 4 rings (SSSR count). The minimum Gasteiger partial charge on any atom is -0.427 e. The molecule has 2 amide bonds. The summed E-state index contributed by atoms with van der Waals surface area (Å²) in [7, 11) is 0. The van der Waals surface area contributed by atoms with Gasteiger partial charge in [0.25, 0.3) is 0 Å². The molecule has 2 bridgehead atoms. The van der Waals surface area contributed by atoms with Crippen LogP contribution in [0, 0.1) is 23.7 Å². The molecule has 5 heteroatoms. The van der Waals surface area contributed by atoms with Crippen molar-refractivity contribution in [3.8, 4) is 5.75 Å². The van der Waals surface area contributed by atoms with Gasteiger partial charge in [0.05, 0.1) is 17.5 Å². The summed E-state index contributed by atoms with van der Waals surface area (Å²) in [5.41, 5.74) is 0.546. The molecule has 2 aliphatic carbocycles. The van der Waals surface area contributed by atoms with E-state index in [1.165, 1.54) is 4.90 Å². The lowest BCUT2D eigenvalue weighted by Gasteiger charge is -2.17. The minimum absolute atomic E-state index is 0.102. The van der Waals surface area contributed by atoms with Crippen LogP contribution in [-0.2, 0) is 14.4 Å². The molecule has 118 valence electrons. The van der Waals surface area contributed by atoms with E-state index in [0.29, 0.717) is 17.9 Å². The van der Waals surface area contributed by atoms with Gasteiger partial charge in [-0.25, -0.2) is 0 Å². The van der Waals surface area contributed by atoms with Crippen LogP contribution in [-0.4, -0.2) is 17.8 Å². The van der Waals surface area contributed by atoms with Gasteiger partial charge in [-0.3, -0.25) is 19.3 Å². The van der Waals surface area contributed by atoms with Crippen LogP contribution in [0.4, 0.5) is 5.69 Å². The predicted molar refractivity (Wildman–Crippen MR) is 82.6 cm³/mol. The first-order valence-corrected chi connectivity index (χ1v) is 7.97. The fourth-order valence-electron chi connectivity index (χ4n) is 4.02. The maximum Gasteiger partial charge on any atom is 0.310 e. The highest BCUT2D eigenvalue weighted by Crippen LogP contribution is 2.53. The SMILES string of the molecule is CCC(=O)Oc1ccc(N2C(=O)[C@@H]3[C@@H](C2=O)[C@H]2C=C[C@@H]3C2)cc1. The van der Waals surface area contributed by atoms with Gasteiger partial charge in [-0.1, -0.05) is 19.1 Å². The van der Waals surface area contributed by atoms with E-state index in [1.54, 1.807) is 31.2 Å². The molecule has 4 atom stereocenters. The van der Waals surface area contributed by atoms with E-state index in [2.05, 4.69) is 12.2 Å². The molecule has 0 spiro atoms. The summed E-state index contributed by atoms with van der Waals surface area (Å²) >= 11 is 0. The van der Waals surface area contributed by atoms with Crippen LogP contribution >= 0.6 is 0 Å². The quantitative estimate of drug-likeness (QED) is 0.372. The number of imide groups is 1. The molecule has 1 saturated heterocycles. The summed E-state index contributed by atoms with van der Waals surface area (Å²) in [5.74, 6) is -0.0900. The molecule has 1 aliphatic heterocycles. The number of hydrogen-bond acceptors (Lipinski definition) is 4. The van der Waals surface area contributed by atoms with Crippen LogP contribution in [0.5, 0.6) is 5.75 Å². The maximum atomic E-state index is 12.7. The molecule has 1 aromatic rings. The number of hydrogen-bond donors (Lipinski definition) is 0. The van der Waals surface area contributed by atoms with Gasteiger partial charge in [0.2, 0.25) is 11.8 Å². The van der Waals surface area contributed by atoms with Crippen LogP contribution in [0.3, 0.4) is 0 Å². The molecule has 1 heterocycles. The summed E-state index contributed by atoms with van der Waals surface area (Å²) in [6.07, 6.45) is 5.37. The summed E-state index contributed by atoms with van der Waals surface area (Å²) < 4.78 is 5.12. The number of ether oxygens (including phenoxy) is 1. The summed E-state index contributed by atoms with van der Waals surface area (Å²) in [6, 6.07) is 6.55. The number of amides is 2. The Morgan fingerprint density at radius 3 is 2.17 bits per heavy atom. The topological polar surface area (TPSA) is 63.7 Å². The summed E-state index contributed by atoms with van der Waals surface area (Å²) in [4.78, 5) is 38.0. The number of carbonyl (C=O) groups excluding carboxylic acids is 3. The Morgan fingerprint density at radius 1 is 1.09 bits per heavy atom. The van der Waals surface area contributed by atoms with Crippen LogP contribution in [0.15, 0.2) is 36.4 Å². The Morgan fingerprint density at radius 2 is 1.65 bits per heavy atom. The monoisotopic (exact) mass is 311 g/mol. The third kappa shape index (κ3) is 2.03. The first kappa shape index (κ1) is 14.2. The van der Waals surface area contributed by atoms with Crippen LogP contribution in [0.1, 0.15) is 19.8 Å². The Balaban J connectivity index is 1.58. The lowest BCUT2D eigenvalue weighted by atomic mass is 9.85. The summed E-state index contributed by atoms with van der Waals surface area (Å²) in [5, 5.41) is 0. The lowest BCUT2D eigenvalue weighted by Crippen LogP contribution is -2.32. The van der Waals surface area contributed by atoms with Crippen molar-refractivity contribution in [2.75, 3.05) is 4.90 Å². The lowest BCUT2D eigenvalue weighted by molar-refractivity contribution is -0.134. The molecule has 1 saturated carbocycles. The Bertz CT molecular complexity index is 691. The van der Waals surface area contributed by atoms with Crippen LogP contribution in [0.2, 0.25) is 0 Å². The molecule has 2 fully saturated rings. The molecule has 0 aromatic heterocycles. The molecular formula is C18H17NO4. The average molecular weight is 311 g/mol. The van der Waals surface area contributed by atoms with Crippen molar-refractivity contribution in [2.24, 2.45) is 23.7 Å². The highest BCUT2D eigenvalue weighted by molar-refractivity contribution is 6.22. The van der Waals surface area contributed by atoms with E-state index in [-0.39, 0.29) is 41.5 Å². The first-order chi connectivity index (χ1) is 11.1. The van der Waals surface area contributed by atoms with Crippen molar-refractivity contribution >= 4 is 23.5 Å². The standard InChI is InChI=1S/C18H17NO4/c1-2-14(20)23-13-7-5-12(6-8-13)19-17(21)15-10-3-4-11(9-10)16(15)18(19)22/h3-8,10-11,15-16H,2,9H2,1H3/t10-,11+,15-,16-/m0/s1. The van der Waals surface area contributed by atoms with Crippen LogP contribution < -0.4 is 9.64 Å². The van der Waals surface area contributed by atoms with Crippen molar-refractivity contribution < 1.29 is 19.1 Å². The molecule has 0 radical (unpaired) electrons. The molecule has 23 heavy (non-hydrogen) atoms. The predicted octanol–water partition coefficient (Wildman–Crippen LogP) is 2.31. The molecule has 0 unspecified atom stereocenters. The Labute approximate surface area is 133 Å². The average Bonchev–Trinajstić information content (AvgIpc) is 3.23. The van der Waals surface area contributed by atoms with Gasteiger partial charge in [-0.05, 0) is 42.5 Å². The van der Waals surface area contributed by atoms with Gasteiger partial charge in [0, 0.05) is 6.42 Å². The highest BCUT2D eigenvalue weighted by atomic mass is 16.5.